The maximum absolute atomic E-state index is 2.74. The molecule has 2 aliphatic heterocycles. The fourth-order valence-electron chi connectivity index (χ4n) is 7.23. The summed E-state index contributed by atoms with van der Waals surface area (Å²) in [5.74, 6) is 0. The molecule has 3 rings (SSSR count). The first kappa shape index (κ1) is 27.6. The second-order valence-electron chi connectivity index (χ2n) is 14.3. The maximum atomic E-state index is 2.74. The number of rotatable bonds is 6. The van der Waals surface area contributed by atoms with Gasteiger partial charge in [-0.25, -0.2) is 0 Å². The fraction of sp³-hybridized carbons (Fsp3) is 0.800. The van der Waals surface area contributed by atoms with Crippen LogP contribution in [0.2, 0.25) is 0 Å². The van der Waals surface area contributed by atoms with Crippen molar-refractivity contribution < 1.29 is 0 Å². The molecule has 4 nitrogen and oxygen atoms in total. The van der Waals surface area contributed by atoms with Crippen LogP contribution in [0.3, 0.4) is 0 Å². The van der Waals surface area contributed by atoms with Crippen molar-refractivity contribution in [2.45, 2.75) is 128 Å². The molecule has 0 atom stereocenters. The van der Waals surface area contributed by atoms with Gasteiger partial charge in [-0.2, -0.15) is 0 Å². The van der Waals surface area contributed by atoms with Crippen LogP contribution in [0.4, 0.5) is 0 Å². The third-order valence-corrected chi connectivity index (χ3v) is 9.03. The normalized spacial score (nSPS) is 25.8. The molecule has 0 bridgehead atoms. The van der Waals surface area contributed by atoms with Gasteiger partial charge in [0.1, 0.15) is 0 Å². The summed E-state index contributed by atoms with van der Waals surface area (Å²) in [7, 11) is 8.93. The van der Waals surface area contributed by atoms with Gasteiger partial charge in [-0.15, -0.1) is 0 Å². The Morgan fingerprint density at radius 1 is 0.559 bits per heavy atom. The van der Waals surface area contributed by atoms with Crippen LogP contribution in [0.1, 0.15) is 92.2 Å². The Balaban J connectivity index is 1.73. The Kier molecular flexibility index (Phi) is 7.72. The predicted octanol–water partition coefficient (Wildman–Crippen LogP) is 5.85. The van der Waals surface area contributed by atoms with Gasteiger partial charge in [0, 0.05) is 47.3 Å². The molecule has 2 heterocycles. The molecule has 0 saturated carbocycles. The zero-order chi connectivity index (χ0) is 25.7. The number of benzene rings is 1. The Morgan fingerprint density at radius 2 is 0.794 bits per heavy atom. The molecule has 0 amide bonds. The van der Waals surface area contributed by atoms with Gasteiger partial charge in [-0.3, -0.25) is 9.80 Å². The molecule has 194 valence electrons. The minimum atomic E-state index is 0.181. The Labute approximate surface area is 211 Å². The third kappa shape index (κ3) is 5.88. The molecule has 0 unspecified atom stereocenters. The topological polar surface area (TPSA) is 13.0 Å². The summed E-state index contributed by atoms with van der Waals surface area (Å²) in [6.07, 6.45) is 4.87. The Morgan fingerprint density at radius 3 is 1.00 bits per heavy atom. The highest BCUT2D eigenvalue weighted by Gasteiger charge is 2.46. The van der Waals surface area contributed by atoms with Crippen molar-refractivity contribution in [3.8, 4) is 0 Å². The van der Waals surface area contributed by atoms with Gasteiger partial charge >= 0.3 is 0 Å². The van der Waals surface area contributed by atoms with E-state index in [1.807, 2.05) is 0 Å². The molecular formula is C30H54N4. The summed E-state index contributed by atoms with van der Waals surface area (Å²) in [4.78, 5) is 10.3. The van der Waals surface area contributed by atoms with Crippen molar-refractivity contribution in [3.05, 3.63) is 35.4 Å². The molecule has 0 spiro atoms. The van der Waals surface area contributed by atoms with E-state index in [2.05, 4.69) is 127 Å². The van der Waals surface area contributed by atoms with Crippen LogP contribution in [-0.4, -0.2) is 82.0 Å². The van der Waals surface area contributed by atoms with Crippen LogP contribution in [0.5, 0.6) is 0 Å². The second kappa shape index (κ2) is 9.50. The lowest BCUT2D eigenvalue weighted by molar-refractivity contribution is -0.0648. The van der Waals surface area contributed by atoms with Crippen molar-refractivity contribution >= 4 is 0 Å². The van der Waals surface area contributed by atoms with E-state index in [1.165, 1.54) is 36.8 Å². The molecule has 0 aliphatic carbocycles. The van der Waals surface area contributed by atoms with Gasteiger partial charge in [0.15, 0.2) is 0 Å². The van der Waals surface area contributed by atoms with Crippen LogP contribution in [0.25, 0.3) is 0 Å². The molecule has 1 aromatic carbocycles. The van der Waals surface area contributed by atoms with Crippen LogP contribution >= 0.6 is 0 Å². The number of hydrogen-bond acceptors (Lipinski definition) is 4. The van der Waals surface area contributed by atoms with E-state index in [0.29, 0.717) is 12.1 Å². The largest absolute Gasteiger partial charge is 0.306 e. The van der Waals surface area contributed by atoms with Crippen molar-refractivity contribution in [1.29, 1.82) is 0 Å². The zero-order valence-corrected chi connectivity index (χ0v) is 24.5. The van der Waals surface area contributed by atoms with Crippen molar-refractivity contribution in [3.63, 3.8) is 0 Å². The molecule has 0 radical (unpaired) electrons. The van der Waals surface area contributed by atoms with E-state index in [9.17, 15) is 0 Å². The maximum Gasteiger partial charge on any atom is 0.0244 e. The first-order valence-electron chi connectivity index (χ1n) is 13.4. The lowest BCUT2D eigenvalue weighted by Gasteiger charge is -2.57. The summed E-state index contributed by atoms with van der Waals surface area (Å²) < 4.78 is 0. The number of piperidine rings is 2. The standard InChI is InChI=1S/C30H54N4/c1-27(2)17-25(31(9)10)18-28(3,4)33(27)21-23-13-15-24(16-14-23)22-34-29(5,6)19-26(32(11)12)20-30(34,7)8/h13-16,25-26H,17-22H2,1-12H3. The lowest BCUT2D eigenvalue weighted by atomic mass is 9.76. The van der Waals surface area contributed by atoms with E-state index in [4.69, 9.17) is 0 Å². The van der Waals surface area contributed by atoms with Crippen molar-refractivity contribution in [2.24, 2.45) is 0 Å². The first-order chi connectivity index (χ1) is 15.4. The van der Waals surface area contributed by atoms with Crippen LogP contribution in [-0.2, 0) is 13.1 Å². The summed E-state index contributed by atoms with van der Waals surface area (Å²) in [5, 5.41) is 0. The molecule has 2 aliphatic rings. The molecule has 4 heteroatoms. The van der Waals surface area contributed by atoms with Crippen molar-refractivity contribution in [1.82, 2.24) is 19.6 Å². The smallest absolute Gasteiger partial charge is 0.0244 e. The number of likely N-dealkylation sites (tertiary alicyclic amines) is 2. The average Bonchev–Trinajstić information content (AvgIpc) is 2.67. The van der Waals surface area contributed by atoms with Crippen molar-refractivity contribution in [2.75, 3.05) is 28.2 Å². The van der Waals surface area contributed by atoms with Gasteiger partial charge in [0.05, 0.1) is 0 Å². The SMILES string of the molecule is CN(C)C1CC(C)(C)N(Cc2ccc(CN3C(C)(C)CC(N(C)C)CC3(C)C)cc2)C(C)(C)C1. The van der Waals surface area contributed by atoms with Gasteiger partial charge in [-0.05, 0) is 120 Å². The number of nitrogens with zero attached hydrogens (tertiary/aromatic N) is 4. The predicted molar refractivity (Wildman–Crippen MR) is 147 cm³/mol. The Bertz CT molecular complexity index is 714. The molecule has 2 fully saturated rings. The first-order valence-corrected chi connectivity index (χ1v) is 13.4. The lowest BCUT2D eigenvalue weighted by Crippen LogP contribution is -2.63. The van der Waals surface area contributed by atoms with Crippen LogP contribution in [0, 0.1) is 0 Å². The number of hydrogen-bond donors (Lipinski definition) is 0. The minimum absolute atomic E-state index is 0.181. The third-order valence-electron chi connectivity index (χ3n) is 9.03. The fourth-order valence-corrected chi connectivity index (χ4v) is 7.23. The van der Waals surface area contributed by atoms with E-state index < -0.39 is 0 Å². The van der Waals surface area contributed by atoms with Gasteiger partial charge in [-0.1, -0.05) is 24.3 Å². The van der Waals surface area contributed by atoms with Gasteiger partial charge in [0.2, 0.25) is 0 Å². The minimum Gasteiger partial charge on any atom is -0.306 e. The highest BCUT2D eigenvalue weighted by Crippen LogP contribution is 2.42. The average molecular weight is 471 g/mol. The zero-order valence-electron chi connectivity index (χ0n) is 24.5. The second-order valence-corrected chi connectivity index (χ2v) is 14.3. The highest BCUT2D eigenvalue weighted by atomic mass is 15.3. The molecule has 2 saturated heterocycles. The monoisotopic (exact) mass is 470 g/mol. The highest BCUT2D eigenvalue weighted by molar-refractivity contribution is 5.24. The molecular weight excluding hydrogens is 416 g/mol. The Hall–Kier alpha value is -0.940. The quantitative estimate of drug-likeness (QED) is 0.517. The summed E-state index contributed by atoms with van der Waals surface area (Å²) in [5.41, 5.74) is 3.58. The van der Waals surface area contributed by atoms with E-state index in [-0.39, 0.29) is 22.2 Å². The molecule has 1 aromatic rings. The summed E-state index contributed by atoms with van der Waals surface area (Å²) >= 11 is 0. The van der Waals surface area contributed by atoms with E-state index >= 15 is 0 Å². The summed E-state index contributed by atoms with van der Waals surface area (Å²) in [6, 6.07) is 10.8. The van der Waals surface area contributed by atoms with Gasteiger partial charge < -0.3 is 9.80 Å². The van der Waals surface area contributed by atoms with Crippen LogP contribution in [0.15, 0.2) is 24.3 Å². The summed E-state index contributed by atoms with van der Waals surface area (Å²) in [6.45, 7) is 21.5. The molecule has 0 aromatic heterocycles. The van der Waals surface area contributed by atoms with Gasteiger partial charge in [0.25, 0.3) is 0 Å². The molecule has 34 heavy (non-hydrogen) atoms. The molecule has 0 N–H and O–H groups in total. The van der Waals surface area contributed by atoms with Crippen LogP contribution < -0.4 is 0 Å². The van der Waals surface area contributed by atoms with E-state index in [1.54, 1.807) is 0 Å². The van der Waals surface area contributed by atoms with E-state index in [0.717, 1.165) is 13.1 Å².